The zero-order valence-corrected chi connectivity index (χ0v) is 12.0. The van der Waals surface area contributed by atoms with E-state index in [4.69, 9.17) is 5.73 Å². The van der Waals surface area contributed by atoms with Crippen molar-refractivity contribution in [3.8, 4) is 10.6 Å². The largest absolute Gasteiger partial charge is 0.350 e. The maximum absolute atomic E-state index is 12.0. The number of hydrogen-bond donors (Lipinski definition) is 2. The van der Waals surface area contributed by atoms with E-state index in [1.807, 2.05) is 16.8 Å². The number of rotatable bonds is 5. The van der Waals surface area contributed by atoms with Crippen molar-refractivity contribution in [3.05, 3.63) is 27.9 Å². The molecule has 1 fully saturated rings. The highest BCUT2D eigenvalue weighted by Crippen LogP contribution is 2.31. The molecule has 1 saturated carbocycles. The van der Waals surface area contributed by atoms with E-state index in [1.54, 1.807) is 17.5 Å². The van der Waals surface area contributed by atoms with Crippen LogP contribution in [0.3, 0.4) is 0 Å². The molecule has 0 aliphatic heterocycles. The molecule has 3 N–H and O–H groups in total. The first-order chi connectivity index (χ1) is 9.24. The molecule has 1 aliphatic carbocycles. The quantitative estimate of drug-likeness (QED) is 0.889. The summed E-state index contributed by atoms with van der Waals surface area (Å²) in [6.07, 6.45) is 4.02. The van der Waals surface area contributed by atoms with Crippen LogP contribution in [0.25, 0.3) is 10.6 Å². The molecule has 0 aromatic carbocycles. The fourth-order valence-electron chi connectivity index (χ4n) is 1.89. The molecule has 2 aromatic rings. The molecule has 19 heavy (non-hydrogen) atoms. The standard InChI is InChI=1S/C13H15N3OS2/c14-10(8-1-2-8)5-15-12(17)11-6-16-13(19-11)9-3-4-18-7-9/h3-4,6-8,10H,1-2,5,14H2,(H,15,17). The Balaban J connectivity index is 1.60. The summed E-state index contributed by atoms with van der Waals surface area (Å²) in [6, 6.07) is 2.10. The van der Waals surface area contributed by atoms with Gasteiger partial charge in [-0.25, -0.2) is 4.98 Å². The van der Waals surface area contributed by atoms with Crippen LogP contribution in [0.4, 0.5) is 0 Å². The number of nitrogens with two attached hydrogens (primary N) is 1. The van der Waals surface area contributed by atoms with E-state index in [9.17, 15) is 4.79 Å². The average molecular weight is 293 g/mol. The minimum absolute atomic E-state index is 0.0740. The fraction of sp³-hybridized carbons (Fsp3) is 0.385. The molecule has 6 heteroatoms. The Hall–Kier alpha value is -1.24. The van der Waals surface area contributed by atoms with Crippen LogP contribution < -0.4 is 11.1 Å². The second-order valence-corrected chi connectivity index (χ2v) is 6.56. The summed E-state index contributed by atoms with van der Waals surface area (Å²) in [7, 11) is 0. The van der Waals surface area contributed by atoms with Crippen molar-refractivity contribution >= 4 is 28.6 Å². The van der Waals surface area contributed by atoms with E-state index < -0.39 is 0 Å². The third-order valence-electron chi connectivity index (χ3n) is 3.22. The zero-order chi connectivity index (χ0) is 13.2. The van der Waals surface area contributed by atoms with Gasteiger partial charge in [0.05, 0.1) is 6.20 Å². The Morgan fingerprint density at radius 2 is 2.42 bits per heavy atom. The number of thiophene rings is 1. The van der Waals surface area contributed by atoms with Crippen molar-refractivity contribution in [1.82, 2.24) is 10.3 Å². The maximum atomic E-state index is 12.0. The molecule has 0 bridgehead atoms. The van der Waals surface area contributed by atoms with Crippen LogP contribution in [0.1, 0.15) is 22.5 Å². The lowest BCUT2D eigenvalue weighted by molar-refractivity contribution is 0.0954. The second kappa shape index (κ2) is 5.40. The van der Waals surface area contributed by atoms with Gasteiger partial charge in [-0.2, -0.15) is 11.3 Å². The zero-order valence-electron chi connectivity index (χ0n) is 10.3. The molecular weight excluding hydrogens is 278 g/mol. The summed E-state index contributed by atoms with van der Waals surface area (Å²) < 4.78 is 0. The van der Waals surface area contributed by atoms with Crippen LogP contribution in [0.15, 0.2) is 23.0 Å². The number of aromatic nitrogens is 1. The molecule has 0 spiro atoms. The molecule has 1 aliphatic rings. The van der Waals surface area contributed by atoms with E-state index >= 15 is 0 Å². The highest BCUT2D eigenvalue weighted by atomic mass is 32.1. The van der Waals surface area contributed by atoms with E-state index in [1.165, 1.54) is 24.2 Å². The lowest BCUT2D eigenvalue weighted by Crippen LogP contribution is -2.38. The van der Waals surface area contributed by atoms with Gasteiger partial charge in [0.15, 0.2) is 0 Å². The Labute approximate surface area is 119 Å². The van der Waals surface area contributed by atoms with Crippen LogP contribution in [0, 0.1) is 5.92 Å². The number of carbonyl (C=O) groups is 1. The third kappa shape index (κ3) is 3.02. The topological polar surface area (TPSA) is 68.0 Å². The summed E-state index contributed by atoms with van der Waals surface area (Å²) in [5.41, 5.74) is 7.04. The van der Waals surface area contributed by atoms with Gasteiger partial charge in [-0.3, -0.25) is 4.79 Å². The summed E-state index contributed by atoms with van der Waals surface area (Å²) in [6.45, 7) is 0.551. The summed E-state index contributed by atoms with van der Waals surface area (Å²) in [5.74, 6) is 0.526. The molecule has 4 nitrogen and oxygen atoms in total. The first-order valence-electron chi connectivity index (χ1n) is 6.26. The van der Waals surface area contributed by atoms with Crippen LogP contribution >= 0.6 is 22.7 Å². The highest BCUT2D eigenvalue weighted by Gasteiger charge is 2.28. The number of carbonyl (C=O) groups excluding carboxylic acids is 1. The van der Waals surface area contributed by atoms with Gasteiger partial charge in [0.2, 0.25) is 0 Å². The Bertz CT molecular complexity index is 560. The molecule has 0 radical (unpaired) electrons. The monoisotopic (exact) mass is 293 g/mol. The summed E-state index contributed by atoms with van der Waals surface area (Å²) >= 11 is 3.04. The van der Waals surface area contributed by atoms with E-state index in [0.717, 1.165) is 10.6 Å². The Morgan fingerprint density at radius 1 is 1.58 bits per heavy atom. The van der Waals surface area contributed by atoms with E-state index in [-0.39, 0.29) is 11.9 Å². The van der Waals surface area contributed by atoms with E-state index in [0.29, 0.717) is 17.3 Å². The van der Waals surface area contributed by atoms with Crippen molar-refractivity contribution < 1.29 is 4.79 Å². The number of thiazole rings is 1. The smallest absolute Gasteiger partial charge is 0.263 e. The van der Waals surface area contributed by atoms with Gasteiger partial charge in [-0.05, 0) is 30.2 Å². The number of hydrogen-bond acceptors (Lipinski definition) is 5. The van der Waals surface area contributed by atoms with Crippen molar-refractivity contribution in [2.75, 3.05) is 6.54 Å². The van der Waals surface area contributed by atoms with Gasteiger partial charge in [0.1, 0.15) is 9.88 Å². The molecule has 0 saturated heterocycles. The number of amides is 1. The first kappa shape index (κ1) is 12.8. The average Bonchev–Trinajstić information content (AvgIpc) is 2.94. The van der Waals surface area contributed by atoms with Crippen molar-refractivity contribution in [2.24, 2.45) is 11.7 Å². The van der Waals surface area contributed by atoms with Gasteiger partial charge in [0, 0.05) is 23.5 Å². The van der Waals surface area contributed by atoms with Crippen LogP contribution in [-0.2, 0) is 0 Å². The van der Waals surface area contributed by atoms with Crippen molar-refractivity contribution in [1.29, 1.82) is 0 Å². The van der Waals surface area contributed by atoms with E-state index in [2.05, 4.69) is 10.3 Å². The van der Waals surface area contributed by atoms with Gasteiger partial charge in [-0.1, -0.05) is 0 Å². The lowest BCUT2D eigenvalue weighted by atomic mass is 10.2. The summed E-state index contributed by atoms with van der Waals surface area (Å²) in [4.78, 5) is 16.9. The second-order valence-electron chi connectivity index (χ2n) is 4.75. The van der Waals surface area contributed by atoms with Gasteiger partial charge >= 0.3 is 0 Å². The van der Waals surface area contributed by atoms with Gasteiger partial charge in [0.25, 0.3) is 5.91 Å². The minimum Gasteiger partial charge on any atom is -0.350 e. The number of nitrogens with zero attached hydrogens (tertiary/aromatic N) is 1. The van der Waals surface area contributed by atoms with Crippen molar-refractivity contribution in [3.63, 3.8) is 0 Å². The number of nitrogens with one attached hydrogen (secondary N) is 1. The molecule has 1 atom stereocenters. The molecule has 1 amide bonds. The maximum Gasteiger partial charge on any atom is 0.263 e. The normalized spacial score (nSPS) is 16.3. The van der Waals surface area contributed by atoms with Crippen LogP contribution in [-0.4, -0.2) is 23.5 Å². The van der Waals surface area contributed by atoms with Gasteiger partial charge in [-0.15, -0.1) is 11.3 Å². The fourth-order valence-corrected chi connectivity index (χ4v) is 3.43. The molecule has 2 heterocycles. The Morgan fingerprint density at radius 3 is 3.11 bits per heavy atom. The predicted octanol–water partition coefficient (Wildman–Crippen LogP) is 2.34. The molecule has 1 unspecified atom stereocenters. The molecule has 3 rings (SSSR count). The lowest BCUT2D eigenvalue weighted by Gasteiger charge is -2.10. The van der Waals surface area contributed by atoms with Gasteiger partial charge < -0.3 is 11.1 Å². The Kier molecular flexibility index (Phi) is 3.63. The SMILES string of the molecule is NC(CNC(=O)c1cnc(-c2ccsc2)s1)C1CC1. The highest BCUT2D eigenvalue weighted by molar-refractivity contribution is 7.17. The minimum atomic E-state index is -0.0740. The van der Waals surface area contributed by atoms with Crippen LogP contribution in [0.2, 0.25) is 0 Å². The third-order valence-corrected chi connectivity index (χ3v) is 4.95. The van der Waals surface area contributed by atoms with Crippen LogP contribution in [0.5, 0.6) is 0 Å². The van der Waals surface area contributed by atoms with Crippen molar-refractivity contribution in [2.45, 2.75) is 18.9 Å². The molecule has 100 valence electrons. The first-order valence-corrected chi connectivity index (χ1v) is 8.02. The predicted molar refractivity (Wildman–Crippen MR) is 78.5 cm³/mol. The summed E-state index contributed by atoms with van der Waals surface area (Å²) in [5, 5.41) is 7.81. The molecule has 2 aromatic heterocycles. The molecular formula is C13H15N3OS2.